The zero-order valence-corrected chi connectivity index (χ0v) is 15.9. The summed E-state index contributed by atoms with van der Waals surface area (Å²) in [5, 5.41) is 21.4. The lowest BCUT2D eigenvalue weighted by molar-refractivity contribution is -0.384. The quantitative estimate of drug-likeness (QED) is 0.505. The van der Waals surface area contributed by atoms with Crippen molar-refractivity contribution in [3.8, 4) is 6.07 Å². The number of nitriles is 1. The van der Waals surface area contributed by atoms with E-state index < -0.39 is 4.92 Å². The molecule has 0 saturated carbocycles. The smallest absolute Gasteiger partial charge is 0.270 e. The third-order valence-corrected chi connectivity index (χ3v) is 5.32. The molecule has 8 heteroatoms. The molecule has 0 amide bonds. The van der Waals surface area contributed by atoms with E-state index in [0.29, 0.717) is 22.2 Å². The second-order valence-electron chi connectivity index (χ2n) is 7.10. The van der Waals surface area contributed by atoms with Crippen molar-refractivity contribution < 1.29 is 9.72 Å². The van der Waals surface area contributed by atoms with E-state index >= 15 is 0 Å². The first-order valence-electron chi connectivity index (χ1n) is 9.26. The Morgan fingerprint density at radius 2 is 1.86 bits per heavy atom. The van der Waals surface area contributed by atoms with Gasteiger partial charge in [-0.25, -0.2) is 0 Å². The Balaban J connectivity index is 1.85. The number of benzene rings is 2. The van der Waals surface area contributed by atoms with Gasteiger partial charge in [-0.15, -0.1) is 0 Å². The first-order chi connectivity index (χ1) is 14.0. The highest BCUT2D eigenvalue weighted by Gasteiger charge is 2.25. The molecule has 8 nitrogen and oxygen atoms in total. The van der Waals surface area contributed by atoms with Gasteiger partial charge in [0.25, 0.3) is 11.6 Å². The number of nitro groups is 1. The number of hydrogen-bond acceptors (Lipinski definition) is 6. The van der Waals surface area contributed by atoms with Crippen LogP contribution in [0.3, 0.4) is 0 Å². The summed E-state index contributed by atoms with van der Waals surface area (Å²) in [6.45, 7) is 3.14. The molecule has 0 radical (unpaired) electrons. The number of nitro benzene ring substituents is 1. The molecule has 2 aromatic carbocycles. The van der Waals surface area contributed by atoms with Gasteiger partial charge in [-0.1, -0.05) is 18.2 Å². The molecule has 1 aromatic heterocycles. The first kappa shape index (κ1) is 18.7. The number of hydrogen-bond donors (Lipinski definition) is 0. The van der Waals surface area contributed by atoms with Crippen molar-refractivity contribution in [2.75, 3.05) is 38.1 Å². The Bertz CT molecular complexity index is 1150. The van der Waals surface area contributed by atoms with Gasteiger partial charge in [0.15, 0.2) is 0 Å². The zero-order valence-electron chi connectivity index (χ0n) is 15.9. The summed E-state index contributed by atoms with van der Waals surface area (Å²) in [6.07, 6.45) is 1.50. The van der Waals surface area contributed by atoms with Gasteiger partial charge in [0.1, 0.15) is 6.07 Å². The molecule has 0 bridgehead atoms. The van der Waals surface area contributed by atoms with E-state index in [1.807, 2.05) is 7.05 Å². The number of carbonyl (C=O) groups is 1. The molecular weight excluding hydrogens is 370 g/mol. The van der Waals surface area contributed by atoms with Gasteiger partial charge in [0, 0.05) is 49.9 Å². The number of carbonyl (C=O) groups excluding carboxylic acids is 1. The molecule has 29 heavy (non-hydrogen) atoms. The van der Waals surface area contributed by atoms with Crippen LogP contribution in [0.1, 0.15) is 15.9 Å². The van der Waals surface area contributed by atoms with Crippen LogP contribution in [0, 0.1) is 21.4 Å². The summed E-state index contributed by atoms with van der Waals surface area (Å²) in [6, 6.07) is 13.7. The number of fused-ring (bicyclic) bond motifs is 1. The highest BCUT2D eigenvalue weighted by atomic mass is 16.6. The fraction of sp³-hybridized carbons (Fsp3) is 0.238. The highest BCUT2D eigenvalue weighted by molar-refractivity contribution is 6.07. The number of likely N-dealkylation sites (N-methyl/N-ethyl adjacent to an activating group) is 1. The first-order valence-corrected chi connectivity index (χ1v) is 9.26. The molecule has 1 aliphatic heterocycles. The van der Waals surface area contributed by atoms with Crippen molar-refractivity contribution in [1.82, 2.24) is 9.47 Å². The summed E-state index contributed by atoms with van der Waals surface area (Å²) in [5.41, 5.74) is 1.78. The largest absolute Gasteiger partial charge is 0.368 e. The van der Waals surface area contributed by atoms with Crippen LogP contribution in [-0.4, -0.2) is 53.5 Å². The summed E-state index contributed by atoms with van der Waals surface area (Å²) < 4.78 is 1.41. The van der Waals surface area contributed by atoms with Gasteiger partial charge < -0.3 is 9.80 Å². The standard InChI is InChI=1S/C21H19N5O3/c1-23-8-10-24(11-9-23)19-7-6-16(26(28)29)12-18(19)21(27)25-14-15(13-22)17-4-2-3-5-20(17)25/h2-7,12,14H,8-11H2,1H3. The monoisotopic (exact) mass is 389 g/mol. The van der Waals surface area contributed by atoms with E-state index in [1.165, 1.54) is 22.9 Å². The average Bonchev–Trinajstić information content (AvgIpc) is 3.12. The molecule has 0 atom stereocenters. The normalized spacial score (nSPS) is 14.7. The highest BCUT2D eigenvalue weighted by Crippen LogP contribution is 2.29. The lowest BCUT2D eigenvalue weighted by atomic mass is 10.1. The van der Waals surface area contributed by atoms with E-state index in [9.17, 15) is 20.2 Å². The van der Waals surface area contributed by atoms with Crippen LogP contribution in [0.25, 0.3) is 10.9 Å². The van der Waals surface area contributed by atoms with Gasteiger partial charge in [-0.2, -0.15) is 5.26 Å². The van der Waals surface area contributed by atoms with Crippen LogP contribution in [0.15, 0.2) is 48.7 Å². The molecule has 1 saturated heterocycles. The van der Waals surface area contributed by atoms with Crippen LogP contribution >= 0.6 is 0 Å². The Kier molecular flexibility index (Phi) is 4.74. The molecule has 1 aliphatic rings. The SMILES string of the molecule is CN1CCN(c2ccc([N+](=O)[O-])cc2C(=O)n2cc(C#N)c3ccccc32)CC1. The maximum Gasteiger partial charge on any atom is 0.270 e. The molecule has 2 heterocycles. The van der Waals surface area contributed by atoms with Crippen LogP contribution in [-0.2, 0) is 0 Å². The van der Waals surface area contributed by atoms with E-state index in [4.69, 9.17) is 0 Å². The molecule has 146 valence electrons. The van der Waals surface area contributed by atoms with Crippen molar-refractivity contribution in [1.29, 1.82) is 5.26 Å². The topological polar surface area (TPSA) is 95.4 Å². The van der Waals surface area contributed by atoms with Crippen molar-refractivity contribution in [2.45, 2.75) is 0 Å². The van der Waals surface area contributed by atoms with E-state index in [0.717, 1.165) is 26.2 Å². The molecule has 3 aromatic rings. The van der Waals surface area contributed by atoms with Gasteiger partial charge in [-0.05, 0) is 19.2 Å². The molecule has 4 rings (SSSR count). The van der Waals surface area contributed by atoms with E-state index in [2.05, 4.69) is 15.9 Å². The third kappa shape index (κ3) is 3.32. The van der Waals surface area contributed by atoms with Crippen LogP contribution in [0.4, 0.5) is 11.4 Å². The molecule has 0 spiro atoms. The maximum atomic E-state index is 13.5. The Morgan fingerprint density at radius 1 is 1.14 bits per heavy atom. The molecule has 0 unspecified atom stereocenters. The van der Waals surface area contributed by atoms with Gasteiger partial charge in [0.2, 0.25) is 0 Å². The number of non-ortho nitro benzene ring substituents is 1. The summed E-state index contributed by atoms with van der Waals surface area (Å²) in [4.78, 5) is 28.6. The van der Waals surface area contributed by atoms with Crippen molar-refractivity contribution in [3.05, 3.63) is 69.9 Å². The average molecular weight is 389 g/mol. The zero-order chi connectivity index (χ0) is 20.5. The minimum absolute atomic E-state index is 0.136. The number of piperazine rings is 1. The number of aromatic nitrogens is 1. The summed E-state index contributed by atoms with van der Waals surface area (Å²) >= 11 is 0. The van der Waals surface area contributed by atoms with E-state index in [-0.39, 0.29) is 17.2 Å². The van der Waals surface area contributed by atoms with Crippen LogP contribution in [0.5, 0.6) is 0 Å². The van der Waals surface area contributed by atoms with Crippen LogP contribution < -0.4 is 4.90 Å². The second-order valence-corrected chi connectivity index (χ2v) is 7.10. The number of anilines is 1. The van der Waals surface area contributed by atoms with Crippen molar-refractivity contribution in [3.63, 3.8) is 0 Å². The minimum atomic E-state index is -0.501. The van der Waals surface area contributed by atoms with Gasteiger partial charge in [-0.3, -0.25) is 19.5 Å². The Labute approximate surface area is 167 Å². The predicted octanol–water partition coefficient (Wildman–Crippen LogP) is 2.86. The fourth-order valence-corrected chi connectivity index (χ4v) is 3.70. The Morgan fingerprint density at radius 3 is 2.55 bits per heavy atom. The Hall–Kier alpha value is -3.70. The summed E-state index contributed by atoms with van der Waals surface area (Å²) in [5.74, 6) is -0.389. The van der Waals surface area contributed by atoms with E-state index in [1.54, 1.807) is 30.3 Å². The van der Waals surface area contributed by atoms with Crippen molar-refractivity contribution in [2.24, 2.45) is 0 Å². The second kappa shape index (κ2) is 7.37. The third-order valence-electron chi connectivity index (χ3n) is 5.32. The number of para-hydroxylation sites is 1. The van der Waals surface area contributed by atoms with Crippen LogP contribution in [0.2, 0.25) is 0 Å². The maximum absolute atomic E-state index is 13.5. The minimum Gasteiger partial charge on any atom is -0.368 e. The van der Waals surface area contributed by atoms with Crippen molar-refractivity contribution >= 4 is 28.2 Å². The molecule has 1 fully saturated rings. The number of nitrogens with zero attached hydrogens (tertiary/aromatic N) is 5. The summed E-state index contributed by atoms with van der Waals surface area (Å²) in [7, 11) is 2.04. The molecule has 0 N–H and O–H groups in total. The number of rotatable bonds is 3. The lowest BCUT2D eigenvalue weighted by Crippen LogP contribution is -2.45. The van der Waals surface area contributed by atoms with Gasteiger partial charge >= 0.3 is 0 Å². The fourth-order valence-electron chi connectivity index (χ4n) is 3.70. The molecule has 0 aliphatic carbocycles. The van der Waals surface area contributed by atoms with Gasteiger partial charge in [0.05, 0.1) is 27.3 Å². The lowest BCUT2D eigenvalue weighted by Gasteiger charge is -2.34. The predicted molar refractivity (Wildman–Crippen MR) is 109 cm³/mol. The molecular formula is C21H19N5O3.